The minimum atomic E-state index is 0.511. The molecule has 0 unspecified atom stereocenters. The summed E-state index contributed by atoms with van der Waals surface area (Å²) in [7, 11) is 3.40. The van der Waals surface area contributed by atoms with Crippen molar-refractivity contribution in [1.82, 2.24) is 25.4 Å². The molecule has 0 spiro atoms. The number of aromatic nitrogens is 3. The van der Waals surface area contributed by atoms with E-state index in [9.17, 15) is 0 Å². The van der Waals surface area contributed by atoms with Gasteiger partial charge in [0.05, 0.1) is 13.7 Å². The summed E-state index contributed by atoms with van der Waals surface area (Å²) in [6.45, 7) is 1.17. The molecule has 3 rings (SSSR count). The minimum absolute atomic E-state index is 0.511. The predicted molar refractivity (Wildman–Crippen MR) is 101 cm³/mol. The van der Waals surface area contributed by atoms with Crippen molar-refractivity contribution < 1.29 is 4.74 Å². The van der Waals surface area contributed by atoms with E-state index in [1.807, 2.05) is 59.2 Å². The number of para-hydroxylation sites is 1. The van der Waals surface area contributed by atoms with Crippen LogP contribution >= 0.6 is 0 Å². The standard InChI is InChI=1S/C19H22N6O/c1-20-19(21-12-15-8-10-17(26-2)11-9-15)22-13-18-24-23-14-25(18)16-6-4-3-5-7-16/h3-11,14H,12-13H2,1-2H3,(H2,20,21,22). The molecule has 0 aliphatic heterocycles. The van der Waals surface area contributed by atoms with Crippen LogP contribution in [0.4, 0.5) is 0 Å². The van der Waals surface area contributed by atoms with Crippen molar-refractivity contribution in [3.05, 3.63) is 72.3 Å². The summed E-state index contributed by atoms with van der Waals surface area (Å²) in [6.07, 6.45) is 1.71. The van der Waals surface area contributed by atoms with Crippen LogP contribution in [0.3, 0.4) is 0 Å². The highest BCUT2D eigenvalue weighted by atomic mass is 16.5. The number of guanidine groups is 1. The van der Waals surface area contributed by atoms with Gasteiger partial charge in [-0.05, 0) is 29.8 Å². The van der Waals surface area contributed by atoms with Crippen molar-refractivity contribution in [2.24, 2.45) is 4.99 Å². The summed E-state index contributed by atoms with van der Waals surface area (Å²) in [5, 5.41) is 14.8. The number of hydrogen-bond donors (Lipinski definition) is 2. The average Bonchev–Trinajstić information content (AvgIpc) is 3.18. The van der Waals surface area contributed by atoms with Gasteiger partial charge in [0.2, 0.25) is 0 Å². The Hall–Kier alpha value is -3.35. The summed E-state index contributed by atoms with van der Waals surface area (Å²) in [5.41, 5.74) is 2.16. The van der Waals surface area contributed by atoms with E-state index in [2.05, 4.69) is 25.8 Å². The Morgan fingerprint density at radius 1 is 1.04 bits per heavy atom. The third-order valence-corrected chi connectivity index (χ3v) is 3.91. The molecule has 7 heteroatoms. The number of benzene rings is 2. The molecule has 0 saturated carbocycles. The topological polar surface area (TPSA) is 76.4 Å². The van der Waals surface area contributed by atoms with E-state index < -0.39 is 0 Å². The maximum absolute atomic E-state index is 5.17. The van der Waals surface area contributed by atoms with Crippen molar-refractivity contribution in [3.63, 3.8) is 0 Å². The van der Waals surface area contributed by atoms with Crippen molar-refractivity contribution in [1.29, 1.82) is 0 Å². The number of hydrogen-bond acceptors (Lipinski definition) is 4. The molecule has 0 radical (unpaired) electrons. The Balaban J connectivity index is 1.57. The molecule has 134 valence electrons. The summed E-state index contributed by atoms with van der Waals surface area (Å²) in [4.78, 5) is 4.25. The van der Waals surface area contributed by atoms with Gasteiger partial charge in [0.15, 0.2) is 11.8 Å². The highest BCUT2D eigenvalue weighted by Gasteiger charge is 2.07. The second-order valence-corrected chi connectivity index (χ2v) is 5.58. The van der Waals surface area contributed by atoms with Crippen LogP contribution in [0.25, 0.3) is 5.69 Å². The van der Waals surface area contributed by atoms with E-state index in [0.29, 0.717) is 19.0 Å². The van der Waals surface area contributed by atoms with Crippen LogP contribution in [0.15, 0.2) is 65.9 Å². The van der Waals surface area contributed by atoms with Crippen LogP contribution in [0.5, 0.6) is 5.75 Å². The normalized spacial score (nSPS) is 11.2. The fourth-order valence-corrected chi connectivity index (χ4v) is 2.50. The third kappa shape index (κ3) is 4.38. The van der Waals surface area contributed by atoms with Gasteiger partial charge in [0.25, 0.3) is 0 Å². The second-order valence-electron chi connectivity index (χ2n) is 5.58. The van der Waals surface area contributed by atoms with Crippen molar-refractivity contribution in [3.8, 4) is 11.4 Å². The first kappa shape index (κ1) is 17.5. The number of nitrogens with zero attached hydrogens (tertiary/aromatic N) is 4. The maximum Gasteiger partial charge on any atom is 0.191 e. The highest BCUT2D eigenvalue weighted by Crippen LogP contribution is 2.11. The Labute approximate surface area is 152 Å². The van der Waals surface area contributed by atoms with Crippen LogP contribution in [0.1, 0.15) is 11.4 Å². The van der Waals surface area contributed by atoms with Crippen molar-refractivity contribution in [2.45, 2.75) is 13.1 Å². The summed E-state index contributed by atoms with van der Waals surface area (Å²) >= 11 is 0. The molecule has 0 saturated heterocycles. The van der Waals surface area contributed by atoms with Gasteiger partial charge in [0, 0.05) is 19.3 Å². The Morgan fingerprint density at radius 3 is 2.46 bits per heavy atom. The van der Waals surface area contributed by atoms with E-state index in [0.717, 1.165) is 22.8 Å². The molecule has 2 N–H and O–H groups in total. The zero-order chi connectivity index (χ0) is 18.2. The lowest BCUT2D eigenvalue weighted by Gasteiger charge is -2.12. The molecule has 0 bridgehead atoms. The van der Waals surface area contributed by atoms with E-state index >= 15 is 0 Å². The van der Waals surface area contributed by atoms with Crippen LogP contribution in [-0.2, 0) is 13.1 Å². The molecule has 3 aromatic rings. The zero-order valence-corrected chi connectivity index (χ0v) is 14.9. The summed E-state index contributed by atoms with van der Waals surface area (Å²) < 4.78 is 7.12. The highest BCUT2D eigenvalue weighted by molar-refractivity contribution is 5.79. The molecule has 7 nitrogen and oxygen atoms in total. The van der Waals surface area contributed by atoms with E-state index in [1.54, 1.807) is 20.5 Å². The third-order valence-electron chi connectivity index (χ3n) is 3.91. The quantitative estimate of drug-likeness (QED) is 0.526. The minimum Gasteiger partial charge on any atom is -0.497 e. The zero-order valence-electron chi connectivity index (χ0n) is 14.9. The molecule has 0 fully saturated rings. The van der Waals surface area contributed by atoms with Crippen molar-refractivity contribution in [2.75, 3.05) is 14.2 Å². The van der Waals surface area contributed by atoms with Gasteiger partial charge in [-0.1, -0.05) is 30.3 Å². The predicted octanol–water partition coefficient (Wildman–Crippen LogP) is 2.14. The first-order valence-electron chi connectivity index (χ1n) is 8.32. The molecule has 0 aliphatic rings. The molecule has 0 amide bonds. The number of nitrogens with one attached hydrogen (secondary N) is 2. The largest absolute Gasteiger partial charge is 0.497 e. The number of rotatable bonds is 6. The fraction of sp³-hybridized carbons (Fsp3) is 0.211. The Morgan fingerprint density at radius 2 is 1.77 bits per heavy atom. The lowest BCUT2D eigenvalue weighted by molar-refractivity contribution is 0.414. The molecule has 2 aromatic carbocycles. The van der Waals surface area contributed by atoms with Gasteiger partial charge in [-0.25, -0.2) is 0 Å². The smallest absolute Gasteiger partial charge is 0.191 e. The molecule has 1 aromatic heterocycles. The van der Waals surface area contributed by atoms with Gasteiger partial charge in [-0.3, -0.25) is 9.56 Å². The van der Waals surface area contributed by atoms with Gasteiger partial charge in [-0.15, -0.1) is 10.2 Å². The van der Waals surface area contributed by atoms with E-state index in [4.69, 9.17) is 4.74 Å². The molecule has 26 heavy (non-hydrogen) atoms. The first-order chi connectivity index (χ1) is 12.8. The fourth-order valence-electron chi connectivity index (χ4n) is 2.50. The lowest BCUT2D eigenvalue weighted by Crippen LogP contribution is -2.36. The summed E-state index contributed by atoms with van der Waals surface area (Å²) in [6, 6.07) is 17.9. The van der Waals surface area contributed by atoms with Crippen LogP contribution < -0.4 is 15.4 Å². The maximum atomic E-state index is 5.17. The molecule has 1 heterocycles. The Bertz CT molecular complexity index is 842. The van der Waals surface area contributed by atoms with E-state index in [1.165, 1.54) is 0 Å². The van der Waals surface area contributed by atoms with Gasteiger partial charge >= 0.3 is 0 Å². The molecule has 0 atom stereocenters. The van der Waals surface area contributed by atoms with Gasteiger partial charge in [0.1, 0.15) is 12.1 Å². The number of methoxy groups -OCH3 is 1. The van der Waals surface area contributed by atoms with Crippen LogP contribution in [-0.4, -0.2) is 34.9 Å². The van der Waals surface area contributed by atoms with Gasteiger partial charge in [-0.2, -0.15) is 0 Å². The Kier molecular flexibility index (Phi) is 5.82. The average molecular weight is 350 g/mol. The van der Waals surface area contributed by atoms with Crippen LogP contribution in [0.2, 0.25) is 0 Å². The summed E-state index contributed by atoms with van der Waals surface area (Å²) in [5.74, 6) is 2.35. The second kappa shape index (κ2) is 8.66. The molecule has 0 aliphatic carbocycles. The SMILES string of the molecule is CN=C(NCc1ccc(OC)cc1)NCc1nncn1-c1ccccc1. The van der Waals surface area contributed by atoms with Crippen molar-refractivity contribution >= 4 is 5.96 Å². The van der Waals surface area contributed by atoms with Crippen LogP contribution in [0, 0.1) is 0 Å². The number of aliphatic imine (C=N–C) groups is 1. The lowest BCUT2D eigenvalue weighted by atomic mass is 10.2. The van der Waals surface area contributed by atoms with Gasteiger partial charge < -0.3 is 15.4 Å². The van der Waals surface area contributed by atoms with E-state index in [-0.39, 0.29) is 0 Å². The molecular weight excluding hydrogens is 328 g/mol. The first-order valence-corrected chi connectivity index (χ1v) is 8.32. The number of ether oxygens (including phenoxy) is 1. The molecular formula is C19H22N6O. The monoisotopic (exact) mass is 350 g/mol.